The van der Waals surface area contributed by atoms with E-state index in [4.69, 9.17) is 0 Å². The van der Waals surface area contributed by atoms with Gasteiger partial charge in [0.25, 0.3) is 0 Å². The molecular formula is C8H13Br3O. The van der Waals surface area contributed by atoms with Gasteiger partial charge in [-0.1, -0.05) is 67.1 Å². The first-order chi connectivity index (χ1) is 5.52. The second-order valence-corrected chi connectivity index (χ2v) is 10.3. The molecule has 1 aliphatic rings. The van der Waals surface area contributed by atoms with Crippen LogP contribution in [0.15, 0.2) is 0 Å². The molecule has 0 aromatic carbocycles. The van der Waals surface area contributed by atoms with E-state index in [0.29, 0.717) is 5.92 Å². The van der Waals surface area contributed by atoms with Crippen LogP contribution < -0.4 is 0 Å². The van der Waals surface area contributed by atoms with Crippen molar-refractivity contribution >= 4 is 47.8 Å². The molecule has 1 rings (SSSR count). The van der Waals surface area contributed by atoms with Crippen LogP contribution in [0.5, 0.6) is 0 Å². The standard InChI is InChI=1S/C8H13Br3O/c9-8(10,11)7(12)6-4-2-1-3-5-6/h6-7,12H,1-5H2/t7-/m1/s1. The van der Waals surface area contributed by atoms with Crippen molar-refractivity contribution in [3.8, 4) is 0 Å². The van der Waals surface area contributed by atoms with Gasteiger partial charge >= 0.3 is 0 Å². The van der Waals surface area contributed by atoms with Crippen LogP contribution in [0.1, 0.15) is 32.1 Å². The summed E-state index contributed by atoms with van der Waals surface area (Å²) in [6, 6.07) is 0. The Morgan fingerprint density at radius 3 is 2.00 bits per heavy atom. The molecule has 0 spiro atoms. The number of hydrogen-bond donors (Lipinski definition) is 1. The third-order valence-electron chi connectivity index (χ3n) is 2.43. The average molecular weight is 365 g/mol. The first-order valence-electron chi connectivity index (χ1n) is 4.26. The highest BCUT2D eigenvalue weighted by molar-refractivity contribution is 9.39. The zero-order valence-corrected chi connectivity index (χ0v) is 11.5. The van der Waals surface area contributed by atoms with Crippen molar-refractivity contribution < 1.29 is 5.11 Å². The number of aliphatic hydroxyl groups is 1. The Morgan fingerprint density at radius 1 is 1.08 bits per heavy atom. The van der Waals surface area contributed by atoms with Crippen LogP contribution in [0.3, 0.4) is 0 Å². The second-order valence-electron chi connectivity index (χ2n) is 3.38. The van der Waals surface area contributed by atoms with Gasteiger partial charge in [-0.3, -0.25) is 0 Å². The average Bonchev–Trinajstić information content (AvgIpc) is 2.03. The van der Waals surface area contributed by atoms with Crippen molar-refractivity contribution in [1.82, 2.24) is 0 Å². The molecule has 0 radical (unpaired) electrons. The zero-order chi connectivity index (χ0) is 9.19. The molecule has 1 fully saturated rings. The normalized spacial score (nSPS) is 24.0. The predicted octanol–water partition coefficient (Wildman–Crippen LogP) is 3.77. The molecular weight excluding hydrogens is 352 g/mol. The highest BCUT2D eigenvalue weighted by Crippen LogP contribution is 2.43. The third kappa shape index (κ3) is 3.28. The van der Waals surface area contributed by atoms with E-state index in [1.54, 1.807) is 0 Å². The molecule has 0 aromatic rings. The smallest absolute Gasteiger partial charge is 0.160 e. The SMILES string of the molecule is O[C@H](C1CCCCC1)C(Br)(Br)Br. The molecule has 0 aromatic heterocycles. The molecule has 0 amide bonds. The van der Waals surface area contributed by atoms with Crippen molar-refractivity contribution in [1.29, 1.82) is 0 Å². The number of aliphatic hydroxyl groups excluding tert-OH is 1. The Kier molecular flexibility index (Phi) is 4.55. The van der Waals surface area contributed by atoms with Gasteiger partial charge in [-0.05, 0) is 18.8 Å². The lowest BCUT2D eigenvalue weighted by Gasteiger charge is -2.31. The monoisotopic (exact) mass is 362 g/mol. The van der Waals surface area contributed by atoms with Gasteiger partial charge in [-0.2, -0.15) is 0 Å². The molecule has 4 heteroatoms. The third-order valence-corrected chi connectivity index (χ3v) is 3.84. The molecule has 0 heterocycles. The van der Waals surface area contributed by atoms with Crippen molar-refractivity contribution in [2.45, 2.75) is 40.4 Å². The van der Waals surface area contributed by atoms with Crippen molar-refractivity contribution in [2.75, 3.05) is 0 Å². The van der Waals surface area contributed by atoms with Crippen LogP contribution in [0.2, 0.25) is 0 Å². The van der Waals surface area contributed by atoms with Gasteiger partial charge in [-0.25, -0.2) is 0 Å². The van der Waals surface area contributed by atoms with E-state index in [9.17, 15) is 5.11 Å². The molecule has 1 atom stereocenters. The van der Waals surface area contributed by atoms with Crippen LogP contribution in [0.25, 0.3) is 0 Å². The van der Waals surface area contributed by atoms with Crippen LogP contribution in [0, 0.1) is 5.92 Å². The molecule has 0 bridgehead atoms. The van der Waals surface area contributed by atoms with E-state index >= 15 is 0 Å². The number of hydrogen-bond acceptors (Lipinski definition) is 1. The lowest BCUT2D eigenvalue weighted by atomic mass is 9.86. The molecule has 72 valence electrons. The van der Waals surface area contributed by atoms with Gasteiger partial charge in [0, 0.05) is 0 Å². The molecule has 0 unspecified atom stereocenters. The minimum absolute atomic E-state index is 0.349. The van der Waals surface area contributed by atoms with E-state index in [1.807, 2.05) is 0 Å². The summed E-state index contributed by atoms with van der Waals surface area (Å²) in [5.41, 5.74) is 0. The highest BCUT2D eigenvalue weighted by Gasteiger charge is 2.35. The summed E-state index contributed by atoms with van der Waals surface area (Å²) < 4.78 is -0.491. The summed E-state index contributed by atoms with van der Waals surface area (Å²) in [5.74, 6) is 0.428. The van der Waals surface area contributed by atoms with Crippen molar-refractivity contribution in [3.05, 3.63) is 0 Å². The minimum Gasteiger partial charge on any atom is -0.390 e. The number of alkyl halides is 3. The minimum atomic E-state index is -0.491. The molecule has 1 aliphatic carbocycles. The molecule has 0 aliphatic heterocycles. The van der Waals surface area contributed by atoms with Crippen molar-refractivity contribution in [3.63, 3.8) is 0 Å². The zero-order valence-electron chi connectivity index (χ0n) is 6.77. The van der Waals surface area contributed by atoms with Gasteiger partial charge in [-0.15, -0.1) is 0 Å². The fraction of sp³-hybridized carbons (Fsp3) is 1.00. The van der Waals surface area contributed by atoms with E-state index in [2.05, 4.69) is 47.8 Å². The Bertz CT molecular complexity index is 138. The summed E-state index contributed by atoms with van der Waals surface area (Å²) in [4.78, 5) is 0. The van der Waals surface area contributed by atoms with E-state index in [-0.39, 0.29) is 6.10 Å². The summed E-state index contributed by atoms with van der Waals surface area (Å²) in [6.07, 6.45) is 5.77. The van der Waals surface area contributed by atoms with Crippen LogP contribution in [-0.2, 0) is 0 Å². The molecule has 0 saturated heterocycles. The Labute approximate surface area is 98.7 Å². The quantitative estimate of drug-likeness (QED) is 0.702. The first-order valence-corrected chi connectivity index (χ1v) is 6.64. The Balaban J connectivity index is 2.45. The lowest BCUT2D eigenvalue weighted by molar-refractivity contribution is 0.0965. The fourth-order valence-electron chi connectivity index (χ4n) is 1.72. The van der Waals surface area contributed by atoms with Gasteiger partial charge in [0.05, 0.1) is 6.10 Å². The lowest BCUT2D eigenvalue weighted by Crippen LogP contribution is -2.33. The predicted molar refractivity (Wildman–Crippen MR) is 62.1 cm³/mol. The number of halogens is 3. The molecule has 1 N–H and O–H groups in total. The van der Waals surface area contributed by atoms with E-state index in [0.717, 1.165) is 12.8 Å². The summed E-state index contributed by atoms with van der Waals surface area (Å²) in [5, 5.41) is 9.87. The second kappa shape index (κ2) is 4.76. The number of rotatable bonds is 1. The largest absolute Gasteiger partial charge is 0.390 e. The maximum atomic E-state index is 9.87. The van der Waals surface area contributed by atoms with E-state index < -0.39 is 2.14 Å². The van der Waals surface area contributed by atoms with Gasteiger partial charge < -0.3 is 5.11 Å². The van der Waals surface area contributed by atoms with Crippen LogP contribution in [0.4, 0.5) is 0 Å². The van der Waals surface area contributed by atoms with Gasteiger partial charge in [0.2, 0.25) is 0 Å². The van der Waals surface area contributed by atoms with Crippen molar-refractivity contribution in [2.24, 2.45) is 5.92 Å². The fourth-order valence-corrected chi connectivity index (χ4v) is 2.84. The maximum Gasteiger partial charge on any atom is 0.160 e. The molecule has 1 nitrogen and oxygen atoms in total. The highest BCUT2D eigenvalue weighted by atomic mass is 80.0. The molecule has 1 saturated carbocycles. The van der Waals surface area contributed by atoms with Crippen LogP contribution >= 0.6 is 47.8 Å². The topological polar surface area (TPSA) is 20.2 Å². The Morgan fingerprint density at radius 2 is 1.58 bits per heavy atom. The van der Waals surface area contributed by atoms with Gasteiger partial charge in [0.1, 0.15) is 0 Å². The maximum absolute atomic E-state index is 9.87. The Hall–Kier alpha value is 1.40. The summed E-state index contributed by atoms with van der Waals surface area (Å²) >= 11 is 10.1. The van der Waals surface area contributed by atoms with Crippen LogP contribution in [-0.4, -0.2) is 13.4 Å². The van der Waals surface area contributed by atoms with Gasteiger partial charge in [0.15, 0.2) is 2.14 Å². The molecule has 12 heavy (non-hydrogen) atoms. The summed E-state index contributed by atoms with van der Waals surface area (Å²) in [7, 11) is 0. The first kappa shape index (κ1) is 11.5. The van der Waals surface area contributed by atoms with E-state index in [1.165, 1.54) is 19.3 Å². The summed E-state index contributed by atoms with van der Waals surface area (Å²) in [6.45, 7) is 0.